The Bertz CT molecular complexity index is 516. The zero-order valence-corrected chi connectivity index (χ0v) is 11.3. The van der Waals surface area contributed by atoms with Crippen LogP contribution in [0.1, 0.15) is 24.2 Å². The van der Waals surface area contributed by atoms with Crippen molar-refractivity contribution in [3.8, 4) is 0 Å². The Balaban J connectivity index is 2.57. The van der Waals surface area contributed by atoms with E-state index >= 15 is 0 Å². The molecule has 0 heterocycles. The summed E-state index contributed by atoms with van der Waals surface area (Å²) in [5, 5.41) is 4.45. The number of hydrogen-bond donors (Lipinski definition) is 3. The molecule has 4 N–H and O–H groups in total. The lowest BCUT2D eigenvalue weighted by atomic mass is 10.2. The van der Waals surface area contributed by atoms with Crippen molar-refractivity contribution in [2.45, 2.75) is 20.0 Å². The van der Waals surface area contributed by atoms with Gasteiger partial charge in [-0.1, -0.05) is 6.07 Å². The first-order chi connectivity index (χ1) is 9.43. The van der Waals surface area contributed by atoms with Gasteiger partial charge in [-0.3, -0.25) is 10.1 Å². The third-order valence-corrected chi connectivity index (χ3v) is 2.35. The van der Waals surface area contributed by atoms with E-state index in [2.05, 4.69) is 10.6 Å². The Morgan fingerprint density at radius 3 is 2.65 bits per heavy atom. The molecule has 1 aromatic carbocycles. The third kappa shape index (κ3) is 4.60. The number of carbonyl (C=O) groups is 3. The third-order valence-electron chi connectivity index (χ3n) is 2.35. The number of nitrogen functional groups attached to an aromatic ring is 1. The molecule has 0 spiro atoms. The van der Waals surface area contributed by atoms with Gasteiger partial charge in [-0.05, 0) is 32.0 Å². The Hall–Kier alpha value is -2.57. The van der Waals surface area contributed by atoms with Gasteiger partial charge in [0.15, 0.2) is 6.10 Å². The van der Waals surface area contributed by atoms with E-state index in [1.807, 2.05) is 0 Å². The van der Waals surface area contributed by atoms with E-state index in [1.54, 1.807) is 19.1 Å². The highest BCUT2D eigenvalue weighted by Gasteiger charge is 2.20. The molecule has 0 saturated carbocycles. The van der Waals surface area contributed by atoms with Crippen LogP contribution in [0.2, 0.25) is 0 Å². The van der Waals surface area contributed by atoms with Crippen molar-refractivity contribution in [2.75, 3.05) is 12.3 Å². The van der Waals surface area contributed by atoms with Crippen molar-refractivity contribution in [2.24, 2.45) is 0 Å². The van der Waals surface area contributed by atoms with Crippen LogP contribution >= 0.6 is 0 Å². The topological polar surface area (TPSA) is 111 Å². The van der Waals surface area contributed by atoms with Crippen LogP contribution in [0.4, 0.5) is 10.5 Å². The number of amides is 3. The molecule has 1 atom stereocenters. The van der Waals surface area contributed by atoms with Crippen LogP contribution in [-0.4, -0.2) is 30.6 Å². The number of nitrogens with one attached hydrogen (secondary N) is 2. The predicted molar refractivity (Wildman–Crippen MR) is 72.9 cm³/mol. The van der Waals surface area contributed by atoms with Crippen molar-refractivity contribution in [3.63, 3.8) is 0 Å². The van der Waals surface area contributed by atoms with Gasteiger partial charge in [0.2, 0.25) is 0 Å². The minimum Gasteiger partial charge on any atom is -0.449 e. The van der Waals surface area contributed by atoms with Gasteiger partial charge >= 0.3 is 12.0 Å². The lowest BCUT2D eigenvalue weighted by Crippen LogP contribution is -2.44. The molecule has 1 rings (SSSR count). The number of carbonyl (C=O) groups excluding carboxylic acids is 3. The predicted octanol–water partition coefficient (Wildman–Crippen LogP) is 0.660. The maximum Gasteiger partial charge on any atom is 0.338 e. The number of benzene rings is 1. The first kappa shape index (κ1) is 15.5. The second-order valence-electron chi connectivity index (χ2n) is 4.02. The molecule has 108 valence electrons. The summed E-state index contributed by atoms with van der Waals surface area (Å²) < 4.78 is 4.95. The first-order valence-electron chi connectivity index (χ1n) is 6.09. The number of nitrogens with two attached hydrogens (primary N) is 1. The van der Waals surface area contributed by atoms with E-state index in [0.717, 1.165) is 0 Å². The number of anilines is 1. The molecule has 0 aliphatic heterocycles. The molecule has 20 heavy (non-hydrogen) atoms. The fraction of sp³-hybridized carbons (Fsp3) is 0.308. The number of rotatable bonds is 4. The van der Waals surface area contributed by atoms with E-state index in [4.69, 9.17) is 10.5 Å². The molecular weight excluding hydrogens is 262 g/mol. The van der Waals surface area contributed by atoms with Crippen molar-refractivity contribution < 1.29 is 19.1 Å². The van der Waals surface area contributed by atoms with E-state index in [0.29, 0.717) is 12.2 Å². The zero-order valence-electron chi connectivity index (χ0n) is 11.3. The Labute approximate surface area is 116 Å². The fourth-order valence-corrected chi connectivity index (χ4v) is 1.37. The fourth-order valence-electron chi connectivity index (χ4n) is 1.37. The monoisotopic (exact) mass is 279 g/mol. The minimum atomic E-state index is -1.09. The van der Waals surface area contributed by atoms with Gasteiger partial charge in [0.1, 0.15) is 0 Å². The van der Waals surface area contributed by atoms with E-state index in [9.17, 15) is 14.4 Å². The van der Waals surface area contributed by atoms with Crippen LogP contribution in [0.5, 0.6) is 0 Å². The largest absolute Gasteiger partial charge is 0.449 e. The van der Waals surface area contributed by atoms with Crippen molar-refractivity contribution >= 4 is 23.6 Å². The molecule has 1 unspecified atom stereocenters. The van der Waals surface area contributed by atoms with Crippen molar-refractivity contribution in [1.29, 1.82) is 0 Å². The van der Waals surface area contributed by atoms with Crippen molar-refractivity contribution in [3.05, 3.63) is 29.8 Å². The number of hydrogen-bond acceptors (Lipinski definition) is 5. The maximum atomic E-state index is 11.8. The van der Waals surface area contributed by atoms with Crippen LogP contribution in [-0.2, 0) is 9.53 Å². The molecule has 0 saturated heterocycles. The normalized spacial score (nSPS) is 11.3. The van der Waals surface area contributed by atoms with Gasteiger partial charge in [0.25, 0.3) is 5.91 Å². The van der Waals surface area contributed by atoms with E-state index in [1.165, 1.54) is 19.1 Å². The summed E-state index contributed by atoms with van der Waals surface area (Å²) in [4.78, 5) is 34.5. The quantitative estimate of drug-likeness (QED) is 0.554. The summed E-state index contributed by atoms with van der Waals surface area (Å²) in [7, 11) is 0. The maximum absolute atomic E-state index is 11.8. The second-order valence-corrected chi connectivity index (χ2v) is 4.02. The van der Waals surface area contributed by atoms with E-state index < -0.39 is 24.0 Å². The smallest absolute Gasteiger partial charge is 0.338 e. The molecule has 0 aliphatic carbocycles. The van der Waals surface area contributed by atoms with Crippen molar-refractivity contribution in [1.82, 2.24) is 10.6 Å². The summed E-state index contributed by atoms with van der Waals surface area (Å²) in [5.74, 6) is -1.39. The Morgan fingerprint density at radius 2 is 2.05 bits per heavy atom. The number of imide groups is 1. The Morgan fingerprint density at radius 1 is 1.35 bits per heavy atom. The van der Waals surface area contributed by atoms with Crippen LogP contribution in [0.15, 0.2) is 24.3 Å². The van der Waals surface area contributed by atoms with Gasteiger partial charge in [-0.15, -0.1) is 0 Å². The molecule has 7 nitrogen and oxygen atoms in total. The number of urea groups is 1. The van der Waals surface area contributed by atoms with Crippen LogP contribution in [0.25, 0.3) is 0 Å². The average molecular weight is 279 g/mol. The molecule has 0 aromatic heterocycles. The molecular formula is C13H17N3O4. The summed E-state index contributed by atoms with van der Waals surface area (Å²) in [6.07, 6.45) is -1.09. The molecule has 0 bridgehead atoms. The molecule has 7 heteroatoms. The molecule has 0 fully saturated rings. The molecule has 0 radical (unpaired) electrons. The van der Waals surface area contributed by atoms with Crippen LogP contribution in [0.3, 0.4) is 0 Å². The molecule has 3 amide bonds. The van der Waals surface area contributed by atoms with Crippen LogP contribution in [0, 0.1) is 0 Å². The minimum absolute atomic E-state index is 0.239. The standard InChI is InChI=1S/C13H17N3O4/c1-3-15-13(19)16-11(17)8(2)20-12(18)9-5-4-6-10(14)7-9/h4-8H,3,14H2,1-2H3,(H2,15,16,17,19). The summed E-state index contributed by atoms with van der Waals surface area (Å²) in [6, 6.07) is 5.56. The highest BCUT2D eigenvalue weighted by Crippen LogP contribution is 2.09. The highest BCUT2D eigenvalue weighted by molar-refractivity contribution is 5.98. The van der Waals surface area contributed by atoms with Crippen LogP contribution < -0.4 is 16.4 Å². The van der Waals surface area contributed by atoms with Gasteiger partial charge in [-0.25, -0.2) is 9.59 Å². The Kier molecular flexibility index (Phi) is 5.52. The number of ether oxygens (including phenoxy) is 1. The lowest BCUT2D eigenvalue weighted by Gasteiger charge is -2.13. The molecule has 0 aliphatic rings. The van der Waals surface area contributed by atoms with Gasteiger partial charge < -0.3 is 15.8 Å². The first-order valence-corrected chi connectivity index (χ1v) is 6.09. The summed E-state index contributed by atoms with van der Waals surface area (Å²) in [6.45, 7) is 3.47. The average Bonchev–Trinajstić information content (AvgIpc) is 2.38. The number of esters is 1. The molecule has 1 aromatic rings. The zero-order chi connectivity index (χ0) is 15.1. The lowest BCUT2D eigenvalue weighted by molar-refractivity contribution is -0.127. The summed E-state index contributed by atoms with van der Waals surface area (Å²) >= 11 is 0. The van der Waals surface area contributed by atoms with E-state index in [-0.39, 0.29) is 5.56 Å². The highest BCUT2D eigenvalue weighted by atomic mass is 16.5. The SMILES string of the molecule is CCNC(=O)NC(=O)C(C)OC(=O)c1cccc(N)c1. The summed E-state index contributed by atoms with van der Waals surface area (Å²) in [5.41, 5.74) is 6.20. The van der Waals surface area contributed by atoms with Gasteiger partial charge in [0, 0.05) is 12.2 Å². The van der Waals surface area contributed by atoms with Gasteiger partial charge in [0.05, 0.1) is 5.56 Å². The van der Waals surface area contributed by atoms with Gasteiger partial charge in [-0.2, -0.15) is 0 Å². The second kappa shape index (κ2) is 7.13.